The first kappa shape index (κ1) is 17.6. The molecule has 0 amide bonds. The zero-order valence-corrected chi connectivity index (χ0v) is 12.5. The molecule has 0 aliphatic heterocycles. The van der Waals surface area contributed by atoms with Crippen molar-refractivity contribution in [3.8, 4) is 5.75 Å². The van der Waals surface area contributed by atoms with Crippen LogP contribution in [0.2, 0.25) is 5.02 Å². The lowest BCUT2D eigenvalue weighted by Gasteiger charge is -2.08. The zero-order valence-electron chi connectivity index (χ0n) is 11.7. The summed E-state index contributed by atoms with van der Waals surface area (Å²) in [5, 5.41) is 11.0. The largest absolute Gasteiger partial charge is 0.489 e. The van der Waals surface area contributed by atoms with Gasteiger partial charge in [-0.2, -0.15) is 0 Å². The van der Waals surface area contributed by atoms with E-state index in [-0.39, 0.29) is 18.0 Å². The van der Waals surface area contributed by atoms with Gasteiger partial charge in [0.15, 0.2) is 0 Å². The molecule has 0 atom stereocenters. The van der Waals surface area contributed by atoms with Crippen LogP contribution in [-0.2, 0) is 14.2 Å². The highest BCUT2D eigenvalue weighted by atomic mass is 35.5. The lowest BCUT2D eigenvalue weighted by Crippen LogP contribution is -2.12. The van der Waals surface area contributed by atoms with Gasteiger partial charge in [-0.3, -0.25) is 10.1 Å². The number of nitro groups is 1. The Hall–Kier alpha value is -1.41. The molecule has 0 radical (unpaired) electrons. The SMILES string of the molecule is COCCOCCOCCOc1cc([N+](=O)[O-])ccc1Cl. The topological polar surface area (TPSA) is 80.1 Å². The molecule has 0 heterocycles. The van der Waals surface area contributed by atoms with Crippen molar-refractivity contribution in [2.75, 3.05) is 46.8 Å². The third-order valence-electron chi connectivity index (χ3n) is 2.41. The number of nitrogens with zero attached hydrogens (tertiary/aromatic N) is 1. The summed E-state index contributed by atoms with van der Waals surface area (Å²) in [4.78, 5) is 10.1. The van der Waals surface area contributed by atoms with Gasteiger partial charge in [-0.15, -0.1) is 0 Å². The van der Waals surface area contributed by atoms with Crippen LogP contribution in [0.25, 0.3) is 0 Å². The minimum atomic E-state index is -0.503. The molecule has 118 valence electrons. The number of nitro benzene ring substituents is 1. The van der Waals surface area contributed by atoms with Crippen molar-refractivity contribution in [3.05, 3.63) is 33.3 Å². The molecule has 0 aliphatic carbocycles. The van der Waals surface area contributed by atoms with E-state index in [1.807, 2.05) is 0 Å². The van der Waals surface area contributed by atoms with Crippen LogP contribution in [-0.4, -0.2) is 51.7 Å². The number of non-ortho nitro benzene ring substituents is 1. The van der Waals surface area contributed by atoms with Crippen LogP contribution < -0.4 is 4.74 Å². The van der Waals surface area contributed by atoms with E-state index in [0.717, 1.165) is 0 Å². The lowest BCUT2D eigenvalue weighted by molar-refractivity contribution is -0.384. The normalized spacial score (nSPS) is 10.6. The number of benzene rings is 1. The second-order valence-electron chi connectivity index (χ2n) is 3.94. The molecular weight excluding hydrogens is 302 g/mol. The molecule has 1 aromatic rings. The molecule has 0 fully saturated rings. The van der Waals surface area contributed by atoms with Crippen molar-refractivity contribution in [2.45, 2.75) is 0 Å². The van der Waals surface area contributed by atoms with Crippen LogP contribution >= 0.6 is 11.6 Å². The van der Waals surface area contributed by atoms with E-state index in [9.17, 15) is 10.1 Å². The van der Waals surface area contributed by atoms with Crippen LogP contribution in [0.15, 0.2) is 18.2 Å². The van der Waals surface area contributed by atoms with Crippen LogP contribution in [0.3, 0.4) is 0 Å². The maximum Gasteiger partial charge on any atom is 0.273 e. The Kier molecular flexibility index (Phi) is 8.68. The first-order valence-corrected chi connectivity index (χ1v) is 6.74. The number of rotatable bonds is 11. The maximum absolute atomic E-state index is 10.6. The summed E-state index contributed by atoms with van der Waals surface area (Å²) < 4.78 is 20.7. The molecule has 0 bridgehead atoms. The third-order valence-corrected chi connectivity index (χ3v) is 2.73. The Labute approximate surface area is 127 Å². The zero-order chi connectivity index (χ0) is 15.5. The molecule has 1 rings (SSSR count). The molecule has 8 heteroatoms. The Balaban J connectivity index is 2.18. The Morgan fingerprint density at radius 2 is 1.71 bits per heavy atom. The summed E-state index contributed by atoms with van der Waals surface area (Å²) in [6.45, 7) is 2.58. The van der Waals surface area contributed by atoms with E-state index in [1.54, 1.807) is 7.11 Å². The quantitative estimate of drug-likeness (QED) is 0.354. The van der Waals surface area contributed by atoms with Crippen molar-refractivity contribution in [1.82, 2.24) is 0 Å². The first-order valence-electron chi connectivity index (χ1n) is 6.36. The van der Waals surface area contributed by atoms with Gasteiger partial charge in [0.1, 0.15) is 12.4 Å². The summed E-state index contributed by atoms with van der Waals surface area (Å²) in [6, 6.07) is 4.04. The highest BCUT2D eigenvalue weighted by Gasteiger charge is 2.10. The molecule has 0 saturated heterocycles. The van der Waals surface area contributed by atoms with Gasteiger partial charge >= 0.3 is 0 Å². The van der Waals surface area contributed by atoms with Gasteiger partial charge in [0.25, 0.3) is 5.69 Å². The molecule has 7 nitrogen and oxygen atoms in total. The van der Waals surface area contributed by atoms with Gasteiger partial charge in [-0.05, 0) is 6.07 Å². The fraction of sp³-hybridized carbons (Fsp3) is 0.538. The number of halogens is 1. The van der Waals surface area contributed by atoms with E-state index in [0.29, 0.717) is 38.1 Å². The number of hydrogen-bond donors (Lipinski definition) is 0. The summed E-state index contributed by atoms with van der Waals surface area (Å²) in [5.41, 5.74) is -0.0677. The van der Waals surface area contributed by atoms with Crippen LogP contribution in [0.5, 0.6) is 5.75 Å². The van der Waals surface area contributed by atoms with Crippen LogP contribution in [0, 0.1) is 10.1 Å². The smallest absolute Gasteiger partial charge is 0.273 e. The van der Waals surface area contributed by atoms with E-state index < -0.39 is 4.92 Å². The van der Waals surface area contributed by atoms with Crippen molar-refractivity contribution >= 4 is 17.3 Å². The van der Waals surface area contributed by atoms with E-state index >= 15 is 0 Å². The Morgan fingerprint density at radius 1 is 1.10 bits per heavy atom. The second kappa shape index (κ2) is 10.3. The van der Waals surface area contributed by atoms with Gasteiger partial charge in [0, 0.05) is 13.2 Å². The third kappa shape index (κ3) is 7.24. The summed E-state index contributed by atoms with van der Waals surface area (Å²) in [7, 11) is 1.61. The minimum absolute atomic E-state index is 0.0677. The maximum atomic E-state index is 10.6. The van der Waals surface area contributed by atoms with Crippen molar-refractivity contribution in [3.63, 3.8) is 0 Å². The fourth-order valence-corrected chi connectivity index (χ4v) is 1.56. The summed E-state index contributed by atoms with van der Waals surface area (Å²) >= 11 is 5.89. The summed E-state index contributed by atoms with van der Waals surface area (Å²) in [5.74, 6) is 0.269. The van der Waals surface area contributed by atoms with Crippen LogP contribution in [0.4, 0.5) is 5.69 Å². The molecule has 0 saturated carbocycles. The van der Waals surface area contributed by atoms with Gasteiger partial charge in [0.2, 0.25) is 0 Å². The molecule has 21 heavy (non-hydrogen) atoms. The number of hydrogen-bond acceptors (Lipinski definition) is 6. The Bertz CT molecular complexity index is 443. The number of ether oxygens (including phenoxy) is 4. The lowest BCUT2D eigenvalue weighted by atomic mass is 10.3. The fourth-order valence-electron chi connectivity index (χ4n) is 1.39. The average Bonchev–Trinajstić information content (AvgIpc) is 2.47. The molecule has 0 aromatic heterocycles. The Morgan fingerprint density at radius 3 is 2.33 bits per heavy atom. The molecule has 0 aliphatic rings. The van der Waals surface area contributed by atoms with Gasteiger partial charge in [-0.1, -0.05) is 11.6 Å². The molecule has 0 spiro atoms. The predicted molar refractivity (Wildman–Crippen MR) is 77.1 cm³/mol. The monoisotopic (exact) mass is 319 g/mol. The van der Waals surface area contributed by atoms with Gasteiger partial charge in [-0.25, -0.2) is 0 Å². The molecule has 0 N–H and O–H groups in total. The molecule has 0 unspecified atom stereocenters. The van der Waals surface area contributed by atoms with E-state index in [2.05, 4.69) is 0 Å². The average molecular weight is 320 g/mol. The molecule has 1 aromatic carbocycles. The highest BCUT2D eigenvalue weighted by Crippen LogP contribution is 2.28. The highest BCUT2D eigenvalue weighted by molar-refractivity contribution is 6.32. The molecular formula is C13H18ClNO6. The first-order chi connectivity index (χ1) is 10.1. The van der Waals surface area contributed by atoms with Crippen molar-refractivity contribution in [2.24, 2.45) is 0 Å². The van der Waals surface area contributed by atoms with Gasteiger partial charge < -0.3 is 18.9 Å². The number of methoxy groups -OCH3 is 1. The summed E-state index contributed by atoms with van der Waals surface area (Å²) in [6.07, 6.45) is 0. The van der Waals surface area contributed by atoms with E-state index in [1.165, 1.54) is 18.2 Å². The van der Waals surface area contributed by atoms with E-state index in [4.69, 9.17) is 30.5 Å². The standard InChI is InChI=1S/C13H18ClNO6/c1-18-4-5-19-6-7-20-8-9-21-13-10-11(15(16)17)2-3-12(13)14/h2-3,10H,4-9H2,1H3. The predicted octanol–water partition coefficient (Wildman–Crippen LogP) is 2.31. The van der Waals surface area contributed by atoms with Crippen molar-refractivity contribution in [1.29, 1.82) is 0 Å². The van der Waals surface area contributed by atoms with Gasteiger partial charge in [0.05, 0.1) is 49.0 Å². The minimum Gasteiger partial charge on any atom is -0.489 e. The van der Waals surface area contributed by atoms with Crippen LogP contribution in [0.1, 0.15) is 0 Å². The van der Waals surface area contributed by atoms with Crippen molar-refractivity contribution < 1.29 is 23.9 Å². The second-order valence-corrected chi connectivity index (χ2v) is 4.35.